The maximum absolute atomic E-state index is 5.59. The first kappa shape index (κ1) is 11.9. The highest BCUT2D eigenvalue weighted by molar-refractivity contribution is 9.10. The summed E-state index contributed by atoms with van der Waals surface area (Å²) in [6.07, 6.45) is 1.82. The zero-order valence-electron chi connectivity index (χ0n) is 9.02. The number of rotatable bonds is 5. The van der Waals surface area contributed by atoms with E-state index in [0.29, 0.717) is 6.61 Å². The second-order valence-electron chi connectivity index (χ2n) is 3.62. The van der Waals surface area contributed by atoms with Gasteiger partial charge in [-0.3, -0.25) is 0 Å². The molecule has 1 aliphatic rings. The maximum atomic E-state index is 5.59. The van der Waals surface area contributed by atoms with Gasteiger partial charge in [0.15, 0.2) is 6.29 Å². The molecule has 1 aromatic carbocycles. The van der Waals surface area contributed by atoms with Crippen LogP contribution in [0.1, 0.15) is 12.8 Å². The second-order valence-corrected chi connectivity index (χ2v) is 4.53. The fourth-order valence-corrected chi connectivity index (χ4v) is 1.81. The molecule has 0 unspecified atom stereocenters. The Morgan fingerprint density at radius 1 is 1.19 bits per heavy atom. The topological polar surface area (TPSA) is 27.7 Å². The van der Waals surface area contributed by atoms with E-state index in [0.717, 1.165) is 36.3 Å². The number of benzene rings is 1. The molecule has 4 heteroatoms. The summed E-state index contributed by atoms with van der Waals surface area (Å²) < 4.78 is 17.3. The third-order valence-corrected chi connectivity index (χ3v) is 2.89. The average Bonchev–Trinajstić information content (AvgIpc) is 2.80. The molecule has 0 saturated carbocycles. The van der Waals surface area contributed by atoms with E-state index in [1.54, 1.807) is 0 Å². The Morgan fingerprint density at radius 3 is 2.56 bits per heavy atom. The first-order valence-corrected chi connectivity index (χ1v) is 6.25. The van der Waals surface area contributed by atoms with Crippen LogP contribution in [0.4, 0.5) is 0 Å². The Balaban J connectivity index is 1.62. The first-order valence-electron chi connectivity index (χ1n) is 5.46. The Kier molecular flexibility index (Phi) is 4.63. The van der Waals surface area contributed by atoms with Crippen LogP contribution in [0.3, 0.4) is 0 Å². The lowest BCUT2D eigenvalue weighted by Gasteiger charge is -2.09. The molecule has 2 rings (SSSR count). The summed E-state index contributed by atoms with van der Waals surface area (Å²) >= 11 is 3.38. The number of hydrogen-bond donors (Lipinski definition) is 0. The zero-order valence-corrected chi connectivity index (χ0v) is 10.6. The number of hydrogen-bond acceptors (Lipinski definition) is 3. The lowest BCUT2D eigenvalue weighted by molar-refractivity contribution is -0.0492. The molecule has 88 valence electrons. The van der Waals surface area contributed by atoms with Crippen LogP contribution in [0, 0.1) is 0 Å². The molecule has 16 heavy (non-hydrogen) atoms. The minimum atomic E-state index is -0.0199. The molecule has 0 radical (unpaired) electrons. The van der Waals surface area contributed by atoms with Crippen LogP contribution in [0.15, 0.2) is 28.7 Å². The van der Waals surface area contributed by atoms with E-state index in [-0.39, 0.29) is 6.29 Å². The van der Waals surface area contributed by atoms with E-state index in [4.69, 9.17) is 14.2 Å². The van der Waals surface area contributed by atoms with Crippen molar-refractivity contribution in [1.29, 1.82) is 0 Å². The lowest BCUT2D eigenvalue weighted by atomic mass is 10.3. The quantitative estimate of drug-likeness (QED) is 0.779. The fraction of sp³-hybridized carbons (Fsp3) is 0.500. The molecule has 0 aliphatic carbocycles. The van der Waals surface area contributed by atoms with Gasteiger partial charge in [-0.25, -0.2) is 0 Å². The van der Waals surface area contributed by atoms with Crippen molar-refractivity contribution in [3.8, 4) is 5.75 Å². The van der Waals surface area contributed by atoms with Gasteiger partial charge in [0, 0.05) is 10.9 Å². The van der Waals surface area contributed by atoms with Crippen molar-refractivity contribution in [1.82, 2.24) is 0 Å². The summed E-state index contributed by atoms with van der Waals surface area (Å²) in [5.41, 5.74) is 0. The summed E-state index contributed by atoms with van der Waals surface area (Å²) in [5.74, 6) is 0.899. The standard InChI is InChI=1S/C12H15BrO3/c13-10-3-5-11(6-4-10)14-7-1-2-12-15-8-9-16-12/h3-6,12H,1-2,7-9H2. The molecule has 1 fully saturated rings. The Labute approximate surface area is 104 Å². The SMILES string of the molecule is Brc1ccc(OCCCC2OCCO2)cc1. The smallest absolute Gasteiger partial charge is 0.157 e. The summed E-state index contributed by atoms with van der Waals surface area (Å²) in [5, 5.41) is 0. The van der Waals surface area contributed by atoms with Gasteiger partial charge in [0.1, 0.15) is 5.75 Å². The van der Waals surface area contributed by atoms with E-state index in [1.807, 2.05) is 24.3 Å². The molecule has 0 amide bonds. The van der Waals surface area contributed by atoms with Crippen LogP contribution in [0.2, 0.25) is 0 Å². The highest BCUT2D eigenvalue weighted by Gasteiger charge is 2.14. The van der Waals surface area contributed by atoms with Gasteiger partial charge in [-0.05, 0) is 30.7 Å². The minimum Gasteiger partial charge on any atom is -0.494 e. The van der Waals surface area contributed by atoms with Crippen LogP contribution in [-0.4, -0.2) is 26.1 Å². The van der Waals surface area contributed by atoms with Gasteiger partial charge >= 0.3 is 0 Å². The predicted octanol–water partition coefficient (Wildman–Crippen LogP) is 2.98. The Morgan fingerprint density at radius 2 is 1.88 bits per heavy atom. The second kappa shape index (κ2) is 6.23. The molecule has 0 spiro atoms. The number of ether oxygens (including phenoxy) is 3. The van der Waals surface area contributed by atoms with Crippen molar-refractivity contribution < 1.29 is 14.2 Å². The van der Waals surface area contributed by atoms with Crippen molar-refractivity contribution >= 4 is 15.9 Å². The summed E-state index contributed by atoms with van der Waals surface area (Å²) in [6.45, 7) is 2.14. The first-order chi connectivity index (χ1) is 7.84. The molecule has 0 N–H and O–H groups in total. The molecule has 1 saturated heterocycles. The third-order valence-electron chi connectivity index (χ3n) is 2.36. The maximum Gasteiger partial charge on any atom is 0.157 e. The van der Waals surface area contributed by atoms with Crippen LogP contribution in [0.25, 0.3) is 0 Å². The summed E-state index contributed by atoms with van der Waals surface area (Å²) in [6, 6.07) is 7.84. The highest BCUT2D eigenvalue weighted by Crippen LogP contribution is 2.17. The van der Waals surface area contributed by atoms with Gasteiger partial charge in [-0.15, -0.1) is 0 Å². The van der Waals surface area contributed by atoms with E-state index >= 15 is 0 Å². The molecule has 0 atom stereocenters. The van der Waals surface area contributed by atoms with Crippen LogP contribution >= 0.6 is 15.9 Å². The van der Waals surface area contributed by atoms with Gasteiger partial charge in [0.2, 0.25) is 0 Å². The highest BCUT2D eigenvalue weighted by atomic mass is 79.9. The van der Waals surface area contributed by atoms with Crippen LogP contribution in [0.5, 0.6) is 5.75 Å². The lowest BCUT2D eigenvalue weighted by Crippen LogP contribution is -2.09. The number of halogens is 1. The fourth-order valence-electron chi connectivity index (χ4n) is 1.54. The van der Waals surface area contributed by atoms with E-state index in [1.165, 1.54) is 0 Å². The average molecular weight is 287 g/mol. The largest absolute Gasteiger partial charge is 0.494 e. The normalized spacial score (nSPS) is 16.6. The Hall–Kier alpha value is -0.580. The van der Waals surface area contributed by atoms with Gasteiger partial charge in [0.05, 0.1) is 19.8 Å². The van der Waals surface area contributed by atoms with E-state index < -0.39 is 0 Å². The van der Waals surface area contributed by atoms with Crippen molar-refractivity contribution in [3.63, 3.8) is 0 Å². The predicted molar refractivity (Wildman–Crippen MR) is 64.6 cm³/mol. The summed E-state index contributed by atoms with van der Waals surface area (Å²) in [4.78, 5) is 0. The minimum absolute atomic E-state index is 0.0199. The molecule has 0 aromatic heterocycles. The van der Waals surface area contributed by atoms with Gasteiger partial charge in [-0.1, -0.05) is 15.9 Å². The van der Waals surface area contributed by atoms with Crippen LogP contribution in [-0.2, 0) is 9.47 Å². The molecule has 3 nitrogen and oxygen atoms in total. The molecule has 1 heterocycles. The third kappa shape index (κ3) is 3.77. The molecule has 0 bridgehead atoms. The van der Waals surface area contributed by atoms with Gasteiger partial charge in [-0.2, -0.15) is 0 Å². The van der Waals surface area contributed by atoms with Crippen molar-refractivity contribution in [2.75, 3.05) is 19.8 Å². The summed E-state index contributed by atoms with van der Waals surface area (Å²) in [7, 11) is 0. The van der Waals surface area contributed by atoms with Crippen molar-refractivity contribution in [2.24, 2.45) is 0 Å². The van der Waals surface area contributed by atoms with E-state index in [2.05, 4.69) is 15.9 Å². The van der Waals surface area contributed by atoms with Gasteiger partial charge < -0.3 is 14.2 Å². The zero-order chi connectivity index (χ0) is 11.2. The molecular weight excluding hydrogens is 272 g/mol. The van der Waals surface area contributed by atoms with Crippen LogP contribution < -0.4 is 4.74 Å². The van der Waals surface area contributed by atoms with E-state index in [9.17, 15) is 0 Å². The monoisotopic (exact) mass is 286 g/mol. The molecule has 1 aromatic rings. The van der Waals surface area contributed by atoms with Gasteiger partial charge in [0.25, 0.3) is 0 Å². The molecule has 1 aliphatic heterocycles. The molecular formula is C12H15BrO3. The van der Waals surface area contributed by atoms with Crippen molar-refractivity contribution in [3.05, 3.63) is 28.7 Å². The Bertz CT molecular complexity index is 307. The van der Waals surface area contributed by atoms with Crippen molar-refractivity contribution in [2.45, 2.75) is 19.1 Å².